The molecule has 0 saturated heterocycles. The fraction of sp³-hybridized carbons (Fsp3) is 0.300. The Morgan fingerprint density at radius 2 is 2.15 bits per heavy atom. The summed E-state index contributed by atoms with van der Waals surface area (Å²) >= 11 is 1.62. The lowest BCUT2D eigenvalue weighted by atomic mass is 10.1. The molecule has 0 spiro atoms. The van der Waals surface area contributed by atoms with Crippen molar-refractivity contribution in [2.45, 2.75) is 31.0 Å². The summed E-state index contributed by atoms with van der Waals surface area (Å²) in [5.41, 5.74) is 1.45. The number of aromatic nitrogens is 2. The van der Waals surface area contributed by atoms with Crippen LogP contribution in [-0.4, -0.2) is 33.3 Å². The van der Waals surface area contributed by atoms with Gasteiger partial charge >= 0.3 is 0 Å². The normalized spacial score (nSPS) is 16.2. The standard InChI is InChI=1S/C20H21N3O3S/c1-14-17-6-5-9-22(17)10-11-23(14)20(24)16-12-15(26-21-16)13-25-18-7-3-4-8-19(18)27-2/h3-9,12,14H,10-11,13H2,1-2H3. The summed E-state index contributed by atoms with van der Waals surface area (Å²) in [5, 5.41) is 3.97. The van der Waals surface area contributed by atoms with Gasteiger partial charge < -0.3 is 18.7 Å². The van der Waals surface area contributed by atoms with E-state index < -0.39 is 0 Å². The van der Waals surface area contributed by atoms with Gasteiger partial charge in [-0.3, -0.25) is 4.79 Å². The van der Waals surface area contributed by atoms with E-state index in [1.165, 1.54) is 0 Å². The van der Waals surface area contributed by atoms with Gasteiger partial charge in [-0.25, -0.2) is 0 Å². The zero-order valence-electron chi connectivity index (χ0n) is 15.3. The van der Waals surface area contributed by atoms with Crippen LogP contribution >= 0.6 is 11.8 Å². The topological polar surface area (TPSA) is 60.5 Å². The van der Waals surface area contributed by atoms with Gasteiger partial charge in [-0.15, -0.1) is 11.8 Å². The highest BCUT2D eigenvalue weighted by atomic mass is 32.2. The van der Waals surface area contributed by atoms with Crippen molar-refractivity contribution in [2.75, 3.05) is 12.8 Å². The average Bonchev–Trinajstić information content (AvgIpc) is 3.36. The fourth-order valence-electron chi connectivity index (χ4n) is 3.37. The molecule has 7 heteroatoms. The Morgan fingerprint density at radius 3 is 3.00 bits per heavy atom. The maximum absolute atomic E-state index is 12.9. The van der Waals surface area contributed by atoms with Crippen LogP contribution in [0.15, 0.2) is 58.1 Å². The van der Waals surface area contributed by atoms with Gasteiger partial charge in [0.25, 0.3) is 5.91 Å². The van der Waals surface area contributed by atoms with Crippen LogP contribution in [0.25, 0.3) is 0 Å². The van der Waals surface area contributed by atoms with Gasteiger partial charge in [0.2, 0.25) is 0 Å². The largest absolute Gasteiger partial charge is 0.484 e. The van der Waals surface area contributed by atoms with E-state index in [9.17, 15) is 4.79 Å². The minimum atomic E-state index is -0.116. The second kappa shape index (κ2) is 7.52. The first kappa shape index (κ1) is 17.7. The van der Waals surface area contributed by atoms with Gasteiger partial charge in [-0.2, -0.15) is 0 Å². The predicted molar refractivity (Wildman–Crippen MR) is 103 cm³/mol. The van der Waals surface area contributed by atoms with Crippen LogP contribution in [0.4, 0.5) is 0 Å². The second-order valence-electron chi connectivity index (χ2n) is 6.42. The summed E-state index contributed by atoms with van der Waals surface area (Å²) in [7, 11) is 0. The fourth-order valence-corrected chi connectivity index (χ4v) is 3.92. The number of amides is 1. The van der Waals surface area contributed by atoms with Crippen LogP contribution in [-0.2, 0) is 13.2 Å². The Morgan fingerprint density at radius 1 is 1.30 bits per heavy atom. The third kappa shape index (κ3) is 3.47. The summed E-state index contributed by atoms with van der Waals surface area (Å²) in [6.45, 7) is 3.71. The number of benzene rings is 1. The SMILES string of the molecule is CSc1ccccc1OCc1cc(C(=O)N2CCn3cccc3C2C)no1. The predicted octanol–water partition coefficient (Wildman–Crippen LogP) is 3.99. The molecule has 1 aliphatic heterocycles. The summed E-state index contributed by atoms with van der Waals surface area (Å²) in [6, 6.07) is 13.6. The number of carbonyl (C=O) groups excluding carboxylic acids is 1. The third-order valence-electron chi connectivity index (χ3n) is 4.82. The summed E-state index contributed by atoms with van der Waals surface area (Å²) in [6.07, 6.45) is 4.05. The quantitative estimate of drug-likeness (QED) is 0.624. The molecule has 27 heavy (non-hydrogen) atoms. The van der Waals surface area contributed by atoms with Crippen LogP contribution in [0.1, 0.15) is 34.9 Å². The lowest BCUT2D eigenvalue weighted by Crippen LogP contribution is -2.40. The van der Waals surface area contributed by atoms with E-state index in [2.05, 4.69) is 15.8 Å². The molecule has 1 unspecified atom stereocenters. The maximum Gasteiger partial charge on any atom is 0.276 e. The number of hydrogen-bond acceptors (Lipinski definition) is 5. The monoisotopic (exact) mass is 383 g/mol. The highest BCUT2D eigenvalue weighted by Gasteiger charge is 2.29. The Hall–Kier alpha value is -2.67. The van der Waals surface area contributed by atoms with Crippen molar-refractivity contribution in [1.82, 2.24) is 14.6 Å². The molecule has 3 aromatic rings. The minimum Gasteiger partial charge on any atom is -0.484 e. The van der Waals surface area contributed by atoms with Gasteiger partial charge in [-0.1, -0.05) is 17.3 Å². The van der Waals surface area contributed by atoms with E-state index in [1.807, 2.05) is 54.6 Å². The Kier molecular flexibility index (Phi) is 4.94. The number of rotatable bonds is 5. The molecule has 4 rings (SSSR count). The summed E-state index contributed by atoms with van der Waals surface area (Å²) in [5.74, 6) is 1.21. The van der Waals surface area contributed by atoms with E-state index in [0.717, 1.165) is 22.9 Å². The van der Waals surface area contributed by atoms with Gasteiger partial charge in [0.15, 0.2) is 11.5 Å². The van der Waals surface area contributed by atoms with Crippen molar-refractivity contribution in [3.05, 3.63) is 65.8 Å². The van der Waals surface area contributed by atoms with Crippen LogP contribution in [0.3, 0.4) is 0 Å². The van der Waals surface area contributed by atoms with E-state index >= 15 is 0 Å². The first-order chi connectivity index (χ1) is 13.2. The smallest absolute Gasteiger partial charge is 0.276 e. The molecular formula is C20H21N3O3S. The number of carbonyl (C=O) groups is 1. The van der Waals surface area contributed by atoms with Crippen LogP contribution in [0.2, 0.25) is 0 Å². The lowest BCUT2D eigenvalue weighted by Gasteiger charge is -2.34. The lowest BCUT2D eigenvalue weighted by molar-refractivity contribution is 0.0633. The third-order valence-corrected chi connectivity index (χ3v) is 5.60. The molecule has 0 fully saturated rings. The molecule has 140 valence electrons. The first-order valence-electron chi connectivity index (χ1n) is 8.85. The molecule has 0 bridgehead atoms. The van der Waals surface area contributed by atoms with Crippen molar-refractivity contribution in [2.24, 2.45) is 0 Å². The van der Waals surface area contributed by atoms with E-state index in [0.29, 0.717) is 18.0 Å². The van der Waals surface area contributed by atoms with Gasteiger partial charge in [0, 0.05) is 35.9 Å². The average molecular weight is 383 g/mol. The highest BCUT2D eigenvalue weighted by Crippen LogP contribution is 2.29. The van der Waals surface area contributed by atoms with Gasteiger partial charge in [-0.05, 0) is 37.4 Å². The summed E-state index contributed by atoms with van der Waals surface area (Å²) in [4.78, 5) is 15.8. The number of hydrogen-bond donors (Lipinski definition) is 0. The van der Waals surface area contributed by atoms with Crippen molar-refractivity contribution in [3.8, 4) is 5.75 Å². The zero-order chi connectivity index (χ0) is 18.8. The molecule has 0 radical (unpaired) electrons. The van der Waals surface area contributed by atoms with Gasteiger partial charge in [0.05, 0.1) is 6.04 Å². The maximum atomic E-state index is 12.9. The molecule has 0 aliphatic carbocycles. The number of ether oxygens (including phenoxy) is 1. The van der Waals surface area contributed by atoms with Crippen LogP contribution in [0, 0.1) is 0 Å². The highest BCUT2D eigenvalue weighted by molar-refractivity contribution is 7.98. The number of para-hydroxylation sites is 1. The molecule has 3 heterocycles. The molecule has 1 atom stereocenters. The summed E-state index contributed by atoms with van der Waals surface area (Å²) < 4.78 is 13.3. The van der Waals surface area contributed by atoms with Crippen molar-refractivity contribution in [3.63, 3.8) is 0 Å². The first-order valence-corrected chi connectivity index (χ1v) is 10.1. The van der Waals surface area contributed by atoms with Crippen LogP contribution < -0.4 is 4.74 Å². The molecule has 1 aliphatic rings. The Balaban J connectivity index is 1.44. The molecule has 1 aromatic carbocycles. The van der Waals surface area contributed by atoms with Crippen molar-refractivity contribution < 1.29 is 14.1 Å². The molecular weight excluding hydrogens is 362 g/mol. The molecule has 0 saturated carbocycles. The molecule has 1 amide bonds. The Labute approximate surface area is 162 Å². The number of nitrogens with zero attached hydrogens (tertiary/aromatic N) is 3. The van der Waals surface area contributed by atoms with E-state index in [-0.39, 0.29) is 18.6 Å². The molecule has 6 nitrogen and oxygen atoms in total. The number of thioether (sulfide) groups is 1. The van der Waals surface area contributed by atoms with Crippen molar-refractivity contribution in [1.29, 1.82) is 0 Å². The van der Waals surface area contributed by atoms with E-state index in [1.54, 1.807) is 17.8 Å². The van der Waals surface area contributed by atoms with Crippen molar-refractivity contribution >= 4 is 17.7 Å². The molecule has 2 aromatic heterocycles. The van der Waals surface area contributed by atoms with E-state index in [4.69, 9.17) is 9.26 Å². The van der Waals surface area contributed by atoms with Crippen LogP contribution in [0.5, 0.6) is 5.75 Å². The number of fused-ring (bicyclic) bond motifs is 1. The minimum absolute atomic E-state index is 0.00565. The Bertz CT molecular complexity index is 949. The van der Waals surface area contributed by atoms with Gasteiger partial charge in [0.1, 0.15) is 12.4 Å². The second-order valence-corrected chi connectivity index (χ2v) is 7.27. The molecule has 0 N–H and O–H groups in total. The zero-order valence-corrected chi connectivity index (χ0v) is 16.1.